The van der Waals surface area contributed by atoms with E-state index in [1.54, 1.807) is 0 Å². The number of benzene rings is 2. The maximum Gasteiger partial charge on any atom is 1.00 e. The third-order valence-electron chi connectivity index (χ3n) is 4.05. The Morgan fingerprint density at radius 1 is 1.15 bits per heavy atom. The number of aromatic carboxylic acids is 1. The third kappa shape index (κ3) is 4.68. The van der Waals surface area contributed by atoms with E-state index in [0.29, 0.717) is 17.4 Å². The van der Waals surface area contributed by atoms with Crippen molar-refractivity contribution in [3.05, 3.63) is 65.4 Å². The van der Waals surface area contributed by atoms with Gasteiger partial charge in [-0.25, -0.2) is 0 Å². The van der Waals surface area contributed by atoms with E-state index in [9.17, 15) is 15.0 Å². The zero-order valence-corrected chi connectivity index (χ0v) is 17.1. The number of hydrogen-bond acceptors (Lipinski definition) is 5. The zero-order valence-electron chi connectivity index (χ0n) is 15.1. The molecule has 0 aliphatic rings. The van der Waals surface area contributed by atoms with Crippen molar-refractivity contribution in [3.63, 3.8) is 0 Å². The van der Waals surface area contributed by atoms with Gasteiger partial charge in [0.15, 0.2) is 0 Å². The van der Waals surface area contributed by atoms with Gasteiger partial charge in [-0.15, -0.1) is 0 Å². The molecule has 3 rings (SSSR count). The van der Waals surface area contributed by atoms with Crippen LogP contribution in [0.25, 0.3) is 11.0 Å². The van der Waals surface area contributed by atoms with Crippen molar-refractivity contribution >= 4 is 16.9 Å². The van der Waals surface area contributed by atoms with Gasteiger partial charge in [-0.2, -0.15) is 0 Å². The normalized spacial score (nSPS) is 12.0. The van der Waals surface area contributed by atoms with E-state index < -0.39 is 12.1 Å². The summed E-state index contributed by atoms with van der Waals surface area (Å²) >= 11 is 0. The predicted molar refractivity (Wildman–Crippen MR) is 91.5 cm³/mol. The van der Waals surface area contributed by atoms with Crippen LogP contribution >= 0.6 is 0 Å². The van der Waals surface area contributed by atoms with Gasteiger partial charge in [0, 0.05) is 5.39 Å². The van der Waals surface area contributed by atoms with Crippen LogP contribution in [-0.4, -0.2) is 17.7 Å². The molecule has 1 N–H and O–H groups in total. The number of aliphatic hydroxyl groups excluding tert-OH is 1. The van der Waals surface area contributed by atoms with Crippen LogP contribution in [0, 0.1) is 0 Å². The Morgan fingerprint density at radius 3 is 2.46 bits per heavy atom. The van der Waals surface area contributed by atoms with Crippen molar-refractivity contribution in [3.8, 4) is 5.75 Å². The molecule has 0 spiro atoms. The van der Waals surface area contributed by atoms with E-state index in [1.807, 2.05) is 18.2 Å². The van der Waals surface area contributed by atoms with E-state index in [1.165, 1.54) is 29.8 Å². The minimum Gasteiger partial charge on any atom is -0.545 e. The summed E-state index contributed by atoms with van der Waals surface area (Å²) in [6.07, 6.45) is -0.921. The van der Waals surface area contributed by atoms with Gasteiger partial charge in [0.05, 0.1) is 5.97 Å². The van der Waals surface area contributed by atoms with Crippen LogP contribution in [0.3, 0.4) is 0 Å². The Bertz CT molecular complexity index is 883. The van der Waals surface area contributed by atoms with Crippen LogP contribution in [0.15, 0.2) is 52.9 Å². The quantitative estimate of drug-likeness (QED) is 0.626. The number of rotatable bonds is 6. The number of furan rings is 1. The molecule has 5 nitrogen and oxygen atoms in total. The first-order chi connectivity index (χ1) is 11.9. The molecule has 26 heavy (non-hydrogen) atoms. The summed E-state index contributed by atoms with van der Waals surface area (Å²) in [5, 5.41) is 21.9. The molecular formula is C20H19NaO5. The topological polar surface area (TPSA) is 82.7 Å². The first-order valence-electron chi connectivity index (χ1n) is 8.09. The molecule has 0 bridgehead atoms. The molecule has 0 aliphatic carbocycles. The van der Waals surface area contributed by atoms with Crippen molar-refractivity contribution in [2.75, 3.05) is 6.61 Å². The fourth-order valence-corrected chi connectivity index (χ4v) is 2.55. The number of aliphatic hydroxyl groups is 1. The molecule has 1 heterocycles. The van der Waals surface area contributed by atoms with E-state index in [-0.39, 0.29) is 41.7 Å². The number of ether oxygens (including phenoxy) is 1. The molecule has 130 valence electrons. The van der Waals surface area contributed by atoms with Crippen LogP contribution in [0.5, 0.6) is 5.75 Å². The molecule has 0 radical (unpaired) electrons. The Morgan fingerprint density at radius 2 is 1.85 bits per heavy atom. The van der Waals surface area contributed by atoms with Crippen LogP contribution in [0.4, 0.5) is 0 Å². The summed E-state index contributed by atoms with van der Waals surface area (Å²) < 4.78 is 11.2. The average molecular weight is 362 g/mol. The number of carbonyl (C=O) groups excluding carboxylic acids is 1. The summed E-state index contributed by atoms with van der Waals surface area (Å²) in [7, 11) is 0. The van der Waals surface area contributed by atoms with Crippen LogP contribution in [-0.2, 0) is 0 Å². The number of fused-ring (bicyclic) bond motifs is 1. The Kier molecular flexibility index (Phi) is 6.89. The predicted octanol–water partition coefficient (Wildman–Crippen LogP) is 0.0361. The summed E-state index contributed by atoms with van der Waals surface area (Å²) in [6.45, 7) is 4.24. The van der Waals surface area contributed by atoms with Crippen molar-refractivity contribution in [2.45, 2.75) is 25.9 Å². The molecule has 1 unspecified atom stereocenters. The zero-order chi connectivity index (χ0) is 18.0. The summed E-state index contributed by atoms with van der Waals surface area (Å²) in [6, 6.07) is 13.6. The van der Waals surface area contributed by atoms with Crippen molar-refractivity contribution in [2.24, 2.45) is 0 Å². The molecule has 3 aromatic rings. The van der Waals surface area contributed by atoms with Gasteiger partial charge >= 0.3 is 29.6 Å². The smallest absolute Gasteiger partial charge is 0.545 e. The number of hydrogen-bond donors (Lipinski definition) is 1. The van der Waals surface area contributed by atoms with Gasteiger partial charge < -0.3 is 24.2 Å². The van der Waals surface area contributed by atoms with Crippen LogP contribution in [0.1, 0.15) is 47.6 Å². The molecule has 1 aromatic heterocycles. The van der Waals surface area contributed by atoms with E-state index in [0.717, 1.165) is 11.0 Å². The number of carboxylic acid groups (broad SMARTS) is 1. The Hall–Kier alpha value is -1.79. The fraction of sp³-hybridized carbons (Fsp3) is 0.250. The van der Waals surface area contributed by atoms with Gasteiger partial charge in [-0.3, -0.25) is 0 Å². The van der Waals surface area contributed by atoms with Gasteiger partial charge in [-0.1, -0.05) is 19.9 Å². The maximum atomic E-state index is 10.7. The standard InChI is InChI=1S/C20H20O5.Na/c1-12(2)14-5-8-18-15(9-14)10-19(25-18)17(21)11-24-16-6-3-13(4-7-16)20(22)23;/h3-10,12,17,21H,11H2,1-2H3,(H,22,23);/q;+1/p-1. The van der Waals surface area contributed by atoms with Crippen LogP contribution < -0.4 is 39.4 Å². The van der Waals surface area contributed by atoms with Crippen molar-refractivity contribution < 1.29 is 53.7 Å². The minimum absolute atomic E-state index is 0. The van der Waals surface area contributed by atoms with E-state index in [2.05, 4.69) is 19.9 Å². The van der Waals surface area contributed by atoms with Crippen molar-refractivity contribution in [1.29, 1.82) is 0 Å². The van der Waals surface area contributed by atoms with Crippen LogP contribution in [0.2, 0.25) is 0 Å². The summed E-state index contributed by atoms with van der Waals surface area (Å²) in [4.78, 5) is 10.7. The molecule has 2 aromatic carbocycles. The SMILES string of the molecule is CC(C)c1ccc2oc(C(O)COc3ccc(C(=O)[O-])cc3)cc2c1.[Na+]. The first kappa shape index (κ1) is 20.5. The third-order valence-corrected chi connectivity index (χ3v) is 4.05. The van der Waals surface area contributed by atoms with Crippen molar-refractivity contribution in [1.82, 2.24) is 0 Å². The molecule has 0 saturated heterocycles. The monoisotopic (exact) mass is 362 g/mol. The van der Waals surface area contributed by atoms with Gasteiger partial charge in [0.2, 0.25) is 0 Å². The molecule has 1 atom stereocenters. The summed E-state index contributed by atoms with van der Waals surface area (Å²) in [5.74, 6) is 0.0686. The molecule has 0 fully saturated rings. The second-order valence-corrected chi connectivity index (χ2v) is 6.24. The maximum absolute atomic E-state index is 10.7. The fourth-order valence-electron chi connectivity index (χ4n) is 2.55. The molecule has 0 amide bonds. The van der Waals surface area contributed by atoms with E-state index >= 15 is 0 Å². The largest absolute Gasteiger partial charge is 1.00 e. The minimum atomic E-state index is -1.24. The number of carbonyl (C=O) groups is 1. The number of carboxylic acids is 1. The first-order valence-corrected chi connectivity index (χ1v) is 8.09. The second kappa shape index (κ2) is 8.73. The Balaban J connectivity index is 0.00000243. The van der Waals surface area contributed by atoms with Gasteiger partial charge in [-0.05, 0) is 59.5 Å². The molecule has 6 heteroatoms. The van der Waals surface area contributed by atoms with Gasteiger partial charge in [0.25, 0.3) is 0 Å². The average Bonchev–Trinajstić information content (AvgIpc) is 3.03. The van der Waals surface area contributed by atoms with Gasteiger partial charge in [0.1, 0.15) is 29.8 Å². The van der Waals surface area contributed by atoms with E-state index in [4.69, 9.17) is 9.15 Å². The Labute approximate surface area is 173 Å². The second-order valence-electron chi connectivity index (χ2n) is 6.24. The molecule has 0 saturated carbocycles. The molecule has 0 aliphatic heterocycles. The summed E-state index contributed by atoms with van der Waals surface area (Å²) in [5.41, 5.74) is 2.00. The molecular weight excluding hydrogens is 343 g/mol.